The molecule has 0 bridgehead atoms. The van der Waals surface area contributed by atoms with Crippen LogP contribution in [0.15, 0.2) is 65.8 Å². The van der Waals surface area contributed by atoms with Gasteiger partial charge in [-0.25, -0.2) is 0 Å². The summed E-state index contributed by atoms with van der Waals surface area (Å²) in [5.74, 6) is 1.06. The van der Waals surface area contributed by atoms with Gasteiger partial charge in [0.1, 0.15) is 11.9 Å². The summed E-state index contributed by atoms with van der Waals surface area (Å²) < 4.78 is 18.8. The van der Waals surface area contributed by atoms with Crippen LogP contribution >= 0.6 is 23.2 Å². The van der Waals surface area contributed by atoms with Gasteiger partial charge in [-0.05, 0) is 91.1 Å². The van der Waals surface area contributed by atoms with Gasteiger partial charge in [-0.3, -0.25) is 9.29 Å². The summed E-state index contributed by atoms with van der Waals surface area (Å²) in [5.41, 5.74) is 6.75. The zero-order valence-electron chi connectivity index (χ0n) is 20.9. The van der Waals surface area contributed by atoms with E-state index in [4.69, 9.17) is 27.9 Å². The third kappa shape index (κ3) is 5.96. The van der Waals surface area contributed by atoms with Crippen LogP contribution in [0, 0.1) is 17.2 Å². The number of rotatable bonds is 7. The third-order valence-electron chi connectivity index (χ3n) is 7.62. The number of nitriles is 1. The molecule has 6 heteroatoms. The molecule has 0 saturated carbocycles. The molecule has 2 aliphatic carbocycles. The maximum atomic E-state index is 12.5. The lowest BCUT2D eigenvalue weighted by Gasteiger charge is -2.26. The van der Waals surface area contributed by atoms with Crippen molar-refractivity contribution in [2.45, 2.75) is 44.6 Å². The Morgan fingerprint density at radius 3 is 2.70 bits per heavy atom. The number of nitrogens with zero attached hydrogens (tertiary/aromatic N) is 2. The first-order valence-electron chi connectivity index (χ1n) is 13.1. The molecule has 2 atom stereocenters. The molecule has 0 N–H and O–H groups in total. The molecule has 2 aromatic rings. The Morgan fingerprint density at radius 1 is 1.11 bits per heavy atom. The van der Waals surface area contributed by atoms with Crippen molar-refractivity contribution in [3.05, 3.63) is 86.9 Å². The van der Waals surface area contributed by atoms with Gasteiger partial charge in [-0.15, -0.1) is 0 Å². The highest BCUT2D eigenvalue weighted by molar-refractivity contribution is 6.36. The Bertz CT molecular complexity index is 1280. The third-order valence-corrected chi connectivity index (χ3v) is 8.17. The van der Waals surface area contributed by atoms with E-state index in [1.807, 2.05) is 24.3 Å². The van der Waals surface area contributed by atoms with Gasteiger partial charge in [0, 0.05) is 41.2 Å². The monoisotopic (exact) mass is 536 g/mol. The smallest absolute Gasteiger partial charge is 0.119 e. The fraction of sp³-hybridized carbons (Fsp3) is 0.387. The molecular formula is C31H31Cl2FN2O. The van der Waals surface area contributed by atoms with Crippen molar-refractivity contribution in [1.82, 2.24) is 4.90 Å². The first kappa shape index (κ1) is 26.0. The van der Waals surface area contributed by atoms with Crippen molar-refractivity contribution in [3.8, 4) is 11.8 Å². The number of alkyl halides is 1. The Morgan fingerprint density at radius 2 is 1.95 bits per heavy atom. The molecule has 2 aromatic carbocycles. The van der Waals surface area contributed by atoms with E-state index in [-0.39, 0.29) is 18.7 Å². The van der Waals surface area contributed by atoms with Crippen molar-refractivity contribution in [2.75, 3.05) is 26.3 Å². The molecule has 3 nitrogen and oxygen atoms in total. The number of ether oxygens (including phenoxy) is 1. The minimum absolute atomic E-state index is 0.133. The van der Waals surface area contributed by atoms with Gasteiger partial charge in [0.2, 0.25) is 0 Å². The lowest BCUT2D eigenvalue weighted by Crippen LogP contribution is -2.26. The molecule has 1 saturated heterocycles. The number of likely N-dealkylation sites (tertiary alicyclic amines) is 1. The van der Waals surface area contributed by atoms with E-state index in [0.29, 0.717) is 16.5 Å². The van der Waals surface area contributed by atoms with Gasteiger partial charge in [0.05, 0.1) is 12.7 Å². The van der Waals surface area contributed by atoms with Gasteiger partial charge in [0.15, 0.2) is 0 Å². The second kappa shape index (κ2) is 11.9. The largest absolute Gasteiger partial charge is 0.489 e. The molecule has 3 aliphatic rings. The fourth-order valence-corrected chi connectivity index (χ4v) is 6.39. The highest BCUT2D eigenvalue weighted by Gasteiger charge is 2.30. The van der Waals surface area contributed by atoms with Crippen LogP contribution < -0.4 is 4.74 Å². The van der Waals surface area contributed by atoms with Crippen LogP contribution in [0.5, 0.6) is 5.75 Å². The summed E-state index contributed by atoms with van der Waals surface area (Å²) in [7, 11) is 0. The van der Waals surface area contributed by atoms with Gasteiger partial charge < -0.3 is 4.74 Å². The standard InChI is InChI=1S/C31H31Cl2FN2O/c32-24-8-12-28(30(33)18-24)29-4-1-3-23-17-21(19-35)5-11-27(23)31(29)22-6-9-25(10-7-22)37-26-13-16-36(20-26)15-2-14-34/h5-10,12,17-18,26-27H,1-4,11,13-16,20H2/t26-,27?/m0/s1. The maximum Gasteiger partial charge on any atom is 0.119 e. The van der Waals surface area contributed by atoms with Crippen LogP contribution in [-0.2, 0) is 0 Å². The lowest BCUT2D eigenvalue weighted by molar-refractivity contribution is 0.198. The summed E-state index contributed by atoms with van der Waals surface area (Å²) >= 11 is 12.9. The van der Waals surface area contributed by atoms with E-state index in [0.717, 1.165) is 74.2 Å². The van der Waals surface area contributed by atoms with E-state index >= 15 is 0 Å². The van der Waals surface area contributed by atoms with Crippen molar-refractivity contribution in [1.29, 1.82) is 5.26 Å². The predicted molar refractivity (Wildman–Crippen MR) is 150 cm³/mol. The van der Waals surface area contributed by atoms with Gasteiger partial charge in [-0.1, -0.05) is 53.1 Å². The molecule has 37 heavy (non-hydrogen) atoms. The van der Waals surface area contributed by atoms with Crippen molar-refractivity contribution < 1.29 is 9.13 Å². The van der Waals surface area contributed by atoms with E-state index in [2.05, 4.69) is 41.3 Å². The number of halogens is 3. The average Bonchev–Trinajstić information content (AvgIpc) is 3.26. The molecular weight excluding hydrogens is 506 g/mol. The molecule has 192 valence electrons. The number of hydrogen-bond acceptors (Lipinski definition) is 3. The van der Waals surface area contributed by atoms with Crippen molar-refractivity contribution >= 4 is 34.3 Å². The van der Waals surface area contributed by atoms with Crippen molar-refractivity contribution in [2.24, 2.45) is 5.92 Å². The molecule has 0 spiro atoms. The fourth-order valence-electron chi connectivity index (χ4n) is 5.87. The summed E-state index contributed by atoms with van der Waals surface area (Å²) in [4.78, 5) is 2.27. The Labute approximate surface area is 228 Å². The molecule has 0 aromatic heterocycles. The quantitative estimate of drug-likeness (QED) is 0.357. The minimum atomic E-state index is -0.270. The molecule has 1 heterocycles. The van der Waals surface area contributed by atoms with Gasteiger partial charge in [-0.2, -0.15) is 5.26 Å². The second-order valence-corrected chi connectivity index (χ2v) is 10.9. The van der Waals surface area contributed by atoms with Crippen LogP contribution in [0.2, 0.25) is 10.0 Å². The van der Waals surface area contributed by atoms with Crippen molar-refractivity contribution in [3.63, 3.8) is 0 Å². The topological polar surface area (TPSA) is 36.3 Å². The SMILES string of the molecule is N#CC1=CCC2C(=C1)CCCC(c1ccc(Cl)cc1Cl)=C2c1ccc(O[C@H]2CCN(CCCF)C2)cc1. The summed E-state index contributed by atoms with van der Waals surface area (Å²) in [5, 5.41) is 10.8. The van der Waals surface area contributed by atoms with E-state index in [1.165, 1.54) is 16.7 Å². The number of benzene rings is 2. The van der Waals surface area contributed by atoms with E-state index < -0.39 is 0 Å². The normalized spacial score (nSPS) is 22.1. The van der Waals surface area contributed by atoms with Crippen LogP contribution in [-0.4, -0.2) is 37.3 Å². The second-order valence-electron chi connectivity index (χ2n) is 10.0. The highest BCUT2D eigenvalue weighted by atomic mass is 35.5. The van der Waals surface area contributed by atoms with E-state index in [1.54, 1.807) is 0 Å². The molecule has 5 rings (SSSR count). The lowest BCUT2D eigenvalue weighted by atomic mass is 9.78. The minimum Gasteiger partial charge on any atom is -0.489 e. The van der Waals surface area contributed by atoms with Crippen LogP contribution in [0.1, 0.15) is 49.7 Å². The summed E-state index contributed by atoms with van der Waals surface area (Å²) in [6, 6.07) is 16.5. The molecule has 0 radical (unpaired) electrons. The Hall–Kier alpha value is -2.58. The predicted octanol–water partition coefficient (Wildman–Crippen LogP) is 8.30. The Balaban J connectivity index is 1.46. The molecule has 1 fully saturated rings. The first-order chi connectivity index (χ1) is 18.1. The van der Waals surface area contributed by atoms with Crippen LogP contribution in [0.3, 0.4) is 0 Å². The Kier molecular flexibility index (Phi) is 8.35. The number of hydrogen-bond donors (Lipinski definition) is 0. The zero-order valence-corrected chi connectivity index (χ0v) is 22.4. The number of fused-ring (bicyclic) bond motifs is 1. The van der Waals surface area contributed by atoms with Crippen LogP contribution in [0.25, 0.3) is 11.1 Å². The summed E-state index contributed by atoms with van der Waals surface area (Å²) in [6.45, 7) is 2.32. The zero-order chi connectivity index (χ0) is 25.8. The maximum absolute atomic E-state index is 12.5. The van der Waals surface area contributed by atoms with E-state index in [9.17, 15) is 9.65 Å². The highest BCUT2D eigenvalue weighted by Crippen LogP contribution is 2.47. The van der Waals surface area contributed by atoms with Crippen LogP contribution in [0.4, 0.5) is 4.39 Å². The first-order valence-corrected chi connectivity index (χ1v) is 13.9. The van der Waals surface area contributed by atoms with Gasteiger partial charge in [0.25, 0.3) is 0 Å². The number of allylic oxidation sites excluding steroid dienone is 6. The summed E-state index contributed by atoms with van der Waals surface area (Å²) in [6.07, 6.45) is 9.47. The molecule has 0 amide bonds. The van der Waals surface area contributed by atoms with Gasteiger partial charge >= 0.3 is 0 Å². The molecule has 1 aliphatic heterocycles. The molecule has 1 unspecified atom stereocenters. The average molecular weight is 538 g/mol.